The van der Waals surface area contributed by atoms with Gasteiger partial charge in [-0.05, 0) is 85.8 Å². The van der Waals surface area contributed by atoms with Crippen molar-refractivity contribution >= 4 is 52.8 Å². The fourth-order valence-electron chi connectivity index (χ4n) is 3.64. The van der Waals surface area contributed by atoms with E-state index in [0.29, 0.717) is 35.1 Å². The number of hydrazine groups is 1. The fraction of sp³-hybridized carbons (Fsp3) is 0.250. The molecule has 3 aromatic rings. The van der Waals surface area contributed by atoms with Gasteiger partial charge in [0, 0.05) is 23.5 Å². The Morgan fingerprint density at radius 1 is 1.03 bits per heavy atom. The average Bonchev–Trinajstić information content (AvgIpc) is 2.94. The zero-order valence-electron chi connectivity index (χ0n) is 21.0. The molecular weight excluding hydrogens is 532 g/mol. The lowest BCUT2D eigenvalue weighted by Crippen LogP contribution is -2.44. The van der Waals surface area contributed by atoms with Crippen molar-refractivity contribution in [2.45, 2.75) is 38.5 Å². The van der Waals surface area contributed by atoms with Gasteiger partial charge in [-0.3, -0.25) is 14.8 Å². The first kappa shape index (κ1) is 28.7. The molecule has 1 amide bonds. The van der Waals surface area contributed by atoms with Crippen molar-refractivity contribution in [3.8, 4) is 11.5 Å². The van der Waals surface area contributed by atoms with Crippen LogP contribution in [-0.2, 0) is 4.79 Å². The maximum absolute atomic E-state index is 14.8. The second-order valence-corrected chi connectivity index (χ2v) is 9.56. The summed E-state index contributed by atoms with van der Waals surface area (Å²) in [7, 11) is 0. The van der Waals surface area contributed by atoms with Crippen molar-refractivity contribution < 1.29 is 13.9 Å². The number of allylic oxidation sites excluding steroid dienone is 1. The normalized spacial score (nSPS) is 13.8. The monoisotopic (exact) mass is 561 g/mol. The largest absolute Gasteiger partial charge is 0.457 e. The average molecular weight is 563 g/mol. The van der Waals surface area contributed by atoms with Gasteiger partial charge >= 0.3 is 0 Å². The first-order valence-corrected chi connectivity index (χ1v) is 13.6. The third-order valence-electron chi connectivity index (χ3n) is 5.52. The van der Waals surface area contributed by atoms with E-state index in [2.05, 4.69) is 4.72 Å². The third kappa shape index (κ3) is 7.57. The molecule has 0 saturated carbocycles. The quantitative estimate of drug-likeness (QED) is 0.169. The van der Waals surface area contributed by atoms with Crippen LogP contribution in [0.4, 0.5) is 10.1 Å². The Morgan fingerprint density at radius 2 is 1.68 bits per heavy atom. The number of nitrogens with one attached hydrogen (secondary N) is 1. The summed E-state index contributed by atoms with van der Waals surface area (Å²) in [5.74, 6) is 0.998. The van der Waals surface area contributed by atoms with E-state index in [0.717, 1.165) is 35.6 Å². The smallest absolute Gasteiger partial charge is 0.228 e. The molecule has 1 aliphatic heterocycles. The molecule has 0 spiro atoms. The van der Waals surface area contributed by atoms with Gasteiger partial charge < -0.3 is 9.46 Å². The van der Waals surface area contributed by atoms with Crippen LogP contribution in [-0.4, -0.2) is 29.5 Å². The van der Waals surface area contributed by atoms with Crippen LogP contribution in [0.1, 0.15) is 39.2 Å². The van der Waals surface area contributed by atoms with Crippen molar-refractivity contribution in [2.75, 3.05) is 17.8 Å². The summed E-state index contributed by atoms with van der Waals surface area (Å²) in [4.78, 5) is 12.3. The van der Waals surface area contributed by atoms with Crippen LogP contribution in [0.2, 0.25) is 5.02 Å². The summed E-state index contributed by atoms with van der Waals surface area (Å²) in [5, 5.41) is 3.76. The maximum Gasteiger partial charge on any atom is 0.228 e. The van der Waals surface area contributed by atoms with E-state index in [9.17, 15) is 9.18 Å². The lowest BCUT2D eigenvalue weighted by Gasteiger charge is -2.37. The zero-order valence-corrected chi connectivity index (χ0v) is 23.3. The van der Waals surface area contributed by atoms with Gasteiger partial charge in [-0.25, -0.2) is 4.39 Å². The fourth-order valence-corrected chi connectivity index (χ4v) is 4.84. The Balaban J connectivity index is 0.00000186. The number of anilines is 1. The number of benzene rings is 3. The van der Waals surface area contributed by atoms with E-state index in [1.54, 1.807) is 18.0 Å². The summed E-state index contributed by atoms with van der Waals surface area (Å²) in [6, 6.07) is 20.0. The van der Waals surface area contributed by atoms with Crippen molar-refractivity contribution in [3.05, 3.63) is 88.3 Å². The van der Waals surface area contributed by atoms with E-state index in [1.165, 1.54) is 23.0 Å². The molecule has 0 atom stereocenters. The SMILES string of the molecule is C/C(=C(/Cl)N1CCCCN1C=O)c1cc(NSc2ccc(Oc3ccccc3)cc2)c(Cl)cc1F.CC. The molecule has 5 nitrogen and oxygen atoms in total. The molecule has 0 aliphatic carbocycles. The molecule has 0 unspecified atom stereocenters. The summed E-state index contributed by atoms with van der Waals surface area (Å²) in [5.41, 5.74) is 1.38. The third-order valence-corrected chi connectivity index (χ3v) is 7.14. The molecule has 3 aromatic carbocycles. The Labute approximate surface area is 232 Å². The molecule has 9 heteroatoms. The van der Waals surface area contributed by atoms with Crippen LogP contribution in [0.25, 0.3) is 5.57 Å². The van der Waals surface area contributed by atoms with E-state index in [4.69, 9.17) is 27.9 Å². The Bertz CT molecular complexity index is 1210. The number of carbonyl (C=O) groups excluding carboxylic acids is 1. The van der Waals surface area contributed by atoms with Crippen LogP contribution >= 0.6 is 35.1 Å². The second kappa shape index (κ2) is 14.2. The summed E-state index contributed by atoms with van der Waals surface area (Å²) in [6.45, 7) is 6.90. The van der Waals surface area contributed by atoms with Gasteiger partial charge in [0.25, 0.3) is 0 Å². The molecule has 196 valence electrons. The number of carbonyl (C=O) groups is 1. The van der Waals surface area contributed by atoms with E-state index in [1.807, 2.05) is 68.4 Å². The highest BCUT2D eigenvalue weighted by molar-refractivity contribution is 8.00. The highest BCUT2D eigenvalue weighted by Crippen LogP contribution is 2.35. The number of para-hydroxylation sites is 1. The summed E-state index contributed by atoms with van der Waals surface area (Å²) >= 11 is 14.3. The Hall–Kier alpha value is -2.87. The van der Waals surface area contributed by atoms with Crippen molar-refractivity contribution in [3.63, 3.8) is 0 Å². The number of halogens is 3. The zero-order chi connectivity index (χ0) is 26.8. The number of rotatable bonds is 8. The van der Waals surface area contributed by atoms with Crippen LogP contribution in [0.3, 0.4) is 0 Å². The van der Waals surface area contributed by atoms with Gasteiger partial charge in [0.05, 0.1) is 10.7 Å². The number of amides is 1. The summed E-state index contributed by atoms with van der Waals surface area (Å²) < 4.78 is 23.9. The molecule has 0 radical (unpaired) electrons. The number of nitrogens with zero attached hydrogens (tertiary/aromatic N) is 2. The number of hydrogen-bond acceptors (Lipinski definition) is 5. The lowest BCUT2D eigenvalue weighted by molar-refractivity contribution is -0.133. The summed E-state index contributed by atoms with van der Waals surface area (Å²) in [6.07, 6.45) is 2.54. The standard InChI is InChI=1S/C26H24Cl2FN3O2S.C2H6/c1-18(26(28)32-14-6-5-13-31(32)17-33)22-15-25(23(27)16-24(22)29)30-35-21-11-9-20(10-12-21)34-19-7-3-2-4-8-19;1-2/h2-4,7-12,15-17,30H,5-6,13-14H2,1H3;1-2H3/b26-18+;. The van der Waals surface area contributed by atoms with Crippen molar-refractivity contribution in [1.29, 1.82) is 0 Å². The van der Waals surface area contributed by atoms with Gasteiger partial charge in [0.1, 0.15) is 22.5 Å². The molecule has 1 aliphatic rings. The van der Waals surface area contributed by atoms with Gasteiger partial charge in [-0.2, -0.15) is 0 Å². The minimum atomic E-state index is -0.488. The van der Waals surface area contributed by atoms with Crippen LogP contribution in [0.5, 0.6) is 11.5 Å². The molecular formula is C28H30Cl2FN3O2S. The van der Waals surface area contributed by atoms with E-state index >= 15 is 0 Å². The minimum absolute atomic E-state index is 0.249. The van der Waals surface area contributed by atoms with Gasteiger partial charge in [-0.15, -0.1) is 0 Å². The Morgan fingerprint density at radius 3 is 2.35 bits per heavy atom. The predicted octanol–water partition coefficient (Wildman–Crippen LogP) is 8.81. The van der Waals surface area contributed by atoms with E-state index in [-0.39, 0.29) is 5.02 Å². The van der Waals surface area contributed by atoms with Crippen molar-refractivity contribution in [2.24, 2.45) is 0 Å². The molecule has 1 fully saturated rings. The molecule has 0 bridgehead atoms. The first-order valence-electron chi connectivity index (χ1n) is 12.1. The maximum atomic E-state index is 14.8. The number of ether oxygens (including phenoxy) is 1. The van der Waals surface area contributed by atoms with Crippen LogP contribution in [0.15, 0.2) is 76.8 Å². The van der Waals surface area contributed by atoms with Gasteiger partial charge in [0.15, 0.2) is 0 Å². The number of hydrogen-bond donors (Lipinski definition) is 1. The molecule has 37 heavy (non-hydrogen) atoms. The van der Waals surface area contributed by atoms with Gasteiger partial charge in [0.2, 0.25) is 6.41 Å². The van der Waals surface area contributed by atoms with Gasteiger partial charge in [-0.1, -0.05) is 55.2 Å². The van der Waals surface area contributed by atoms with Crippen molar-refractivity contribution in [1.82, 2.24) is 10.0 Å². The van der Waals surface area contributed by atoms with Crippen LogP contribution in [0, 0.1) is 5.82 Å². The second-order valence-electron chi connectivity index (χ2n) is 7.92. The molecule has 1 N–H and O–H groups in total. The Kier molecular flexibility index (Phi) is 11.0. The molecule has 1 heterocycles. The highest BCUT2D eigenvalue weighted by Gasteiger charge is 2.23. The molecule has 0 aromatic heterocycles. The molecule has 4 rings (SSSR count). The predicted molar refractivity (Wildman–Crippen MR) is 152 cm³/mol. The topological polar surface area (TPSA) is 44.8 Å². The highest BCUT2D eigenvalue weighted by atomic mass is 35.5. The van der Waals surface area contributed by atoms with E-state index < -0.39 is 5.82 Å². The lowest BCUT2D eigenvalue weighted by atomic mass is 10.1. The first-order chi connectivity index (χ1) is 18.0. The van der Waals surface area contributed by atoms with Crippen LogP contribution < -0.4 is 9.46 Å². The molecule has 1 saturated heterocycles. The minimum Gasteiger partial charge on any atom is -0.457 e.